The van der Waals surface area contributed by atoms with Crippen LogP contribution in [0.2, 0.25) is 5.02 Å². The standard InChI is InChI=1S/C23H26ClF3N4O4/c1-30-11-19(28-29-30)15-4-8-17(9-5-15)31-12-20(21(32)35-22(33)23(25,26)27)34-13-18(31)10-14-2-6-16(24)7-3-14/h2-3,6-7,11,15,17-18,20H,4-5,8-10,12-13H2,1H3/t15?,17?,18-,20+/m0/s1. The van der Waals surface area contributed by atoms with Gasteiger partial charge < -0.3 is 9.47 Å². The van der Waals surface area contributed by atoms with Crippen LogP contribution < -0.4 is 0 Å². The third kappa shape index (κ3) is 6.39. The Bertz CT molecular complexity index is 1040. The minimum Gasteiger partial charge on any atom is -0.384 e. The number of morpholine rings is 1. The first kappa shape index (κ1) is 25.6. The number of rotatable bonds is 5. The highest BCUT2D eigenvalue weighted by molar-refractivity contribution is 6.30. The molecule has 1 aliphatic heterocycles. The number of halogens is 4. The van der Waals surface area contributed by atoms with Crippen LogP contribution in [-0.2, 0) is 32.5 Å². The maximum atomic E-state index is 12.6. The van der Waals surface area contributed by atoms with Gasteiger partial charge in [0.2, 0.25) is 0 Å². The second-order valence-electron chi connectivity index (χ2n) is 9.03. The van der Waals surface area contributed by atoms with Crippen molar-refractivity contribution < 1.29 is 32.2 Å². The highest BCUT2D eigenvalue weighted by Gasteiger charge is 2.45. The Morgan fingerprint density at radius 1 is 1.17 bits per heavy atom. The third-order valence-electron chi connectivity index (χ3n) is 6.61. The summed E-state index contributed by atoms with van der Waals surface area (Å²) in [6.07, 6.45) is -0.618. The predicted molar refractivity (Wildman–Crippen MR) is 119 cm³/mol. The summed E-state index contributed by atoms with van der Waals surface area (Å²) in [5, 5.41) is 8.84. The summed E-state index contributed by atoms with van der Waals surface area (Å²) in [5.74, 6) is -3.58. The quantitative estimate of drug-likeness (QED) is 0.446. The number of carbonyl (C=O) groups is 2. The smallest absolute Gasteiger partial charge is 0.384 e. The molecule has 2 fully saturated rings. The molecule has 1 saturated heterocycles. The molecule has 0 unspecified atom stereocenters. The zero-order valence-electron chi connectivity index (χ0n) is 19.1. The highest BCUT2D eigenvalue weighted by atomic mass is 35.5. The first-order valence-corrected chi connectivity index (χ1v) is 11.8. The van der Waals surface area contributed by atoms with Crippen molar-refractivity contribution in [2.24, 2.45) is 7.05 Å². The van der Waals surface area contributed by atoms with Crippen LogP contribution in [-0.4, -0.2) is 69.3 Å². The van der Waals surface area contributed by atoms with Crippen LogP contribution in [0.15, 0.2) is 30.5 Å². The maximum Gasteiger partial charge on any atom is 0.491 e. The number of ether oxygens (including phenoxy) is 2. The van der Waals surface area contributed by atoms with Gasteiger partial charge in [0.1, 0.15) is 0 Å². The van der Waals surface area contributed by atoms with Crippen LogP contribution in [0.4, 0.5) is 13.2 Å². The normalized spacial score (nSPS) is 25.9. The summed E-state index contributed by atoms with van der Waals surface area (Å²) in [5.41, 5.74) is 1.97. The molecule has 12 heteroatoms. The van der Waals surface area contributed by atoms with Gasteiger partial charge in [-0.05, 0) is 49.8 Å². The number of carbonyl (C=O) groups excluding carboxylic acids is 2. The van der Waals surface area contributed by atoms with Gasteiger partial charge in [-0.2, -0.15) is 13.2 Å². The van der Waals surface area contributed by atoms with Gasteiger partial charge in [-0.15, -0.1) is 5.10 Å². The van der Waals surface area contributed by atoms with Crippen molar-refractivity contribution in [3.63, 3.8) is 0 Å². The van der Waals surface area contributed by atoms with Crippen molar-refractivity contribution in [1.82, 2.24) is 19.9 Å². The lowest BCUT2D eigenvalue weighted by Crippen LogP contribution is -2.57. The Kier molecular flexibility index (Phi) is 7.77. The number of esters is 2. The Balaban J connectivity index is 1.46. The van der Waals surface area contributed by atoms with Crippen LogP contribution >= 0.6 is 11.6 Å². The van der Waals surface area contributed by atoms with Gasteiger partial charge in [0, 0.05) is 42.8 Å². The number of hydrogen-bond donors (Lipinski definition) is 0. The van der Waals surface area contributed by atoms with Crippen molar-refractivity contribution in [2.45, 2.75) is 62.4 Å². The molecule has 190 valence electrons. The minimum absolute atomic E-state index is 0.0443. The Morgan fingerprint density at radius 2 is 1.86 bits per heavy atom. The molecule has 2 aromatic rings. The Hall–Kier alpha value is -2.50. The summed E-state index contributed by atoms with van der Waals surface area (Å²) >= 11 is 5.99. The third-order valence-corrected chi connectivity index (χ3v) is 6.86. The highest BCUT2D eigenvalue weighted by Crippen LogP contribution is 2.36. The molecule has 1 saturated carbocycles. The molecule has 8 nitrogen and oxygen atoms in total. The van der Waals surface area contributed by atoms with Gasteiger partial charge in [-0.25, -0.2) is 9.59 Å². The second-order valence-corrected chi connectivity index (χ2v) is 9.47. The molecule has 35 heavy (non-hydrogen) atoms. The monoisotopic (exact) mass is 514 g/mol. The fraction of sp³-hybridized carbons (Fsp3) is 0.565. The summed E-state index contributed by atoms with van der Waals surface area (Å²) in [4.78, 5) is 25.6. The molecule has 0 amide bonds. The molecule has 0 radical (unpaired) electrons. The SMILES string of the molecule is Cn1cc(C2CCC(N3C[C@H](C(=O)OC(=O)C(F)(F)F)OC[C@@H]3Cc3ccc(Cl)cc3)CC2)nn1. The largest absolute Gasteiger partial charge is 0.491 e. The molecule has 2 atom stereocenters. The Labute approximate surface area is 205 Å². The van der Waals surface area contributed by atoms with E-state index in [0.29, 0.717) is 11.4 Å². The molecule has 0 spiro atoms. The van der Waals surface area contributed by atoms with Crippen molar-refractivity contribution in [3.8, 4) is 0 Å². The number of nitrogens with zero attached hydrogens (tertiary/aromatic N) is 4. The van der Waals surface area contributed by atoms with Gasteiger partial charge >= 0.3 is 18.1 Å². The van der Waals surface area contributed by atoms with Gasteiger partial charge in [0.05, 0.1) is 12.3 Å². The van der Waals surface area contributed by atoms with E-state index in [4.69, 9.17) is 16.3 Å². The fourth-order valence-corrected chi connectivity index (χ4v) is 4.97. The van der Waals surface area contributed by atoms with Crippen LogP contribution in [0.5, 0.6) is 0 Å². The number of aryl methyl sites for hydroxylation is 1. The zero-order valence-corrected chi connectivity index (χ0v) is 19.8. The van der Waals surface area contributed by atoms with Crippen LogP contribution in [0, 0.1) is 0 Å². The second kappa shape index (κ2) is 10.6. The van der Waals surface area contributed by atoms with E-state index in [1.54, 1.807) is 16.8 Å². The van der Waals surface area contributed by atoms with E-state index in [1.165, 1.54) is 0 Å². The van der Waals surface area contributed by atoms with Crippen LogP contribution in [0.1, 0.15) is 42.9 Å². The molecule has 0 N–H and O–H groups in total. The van der Waals surface area contributed by atoms with E-state index < -0.39 is 24.2 Å². The Morgan fingerprint density at radius 3 is 2.46 bits per heavy atom. The number of alkyl halides is 3. The van der Waals surface area contributed by atoms with Gasteiger partial charge in [0.15, 0.2) is 6.10 Å². The van der Waals surface area contributed by atoms with Crippen molar-refractivity contribution >= 4 is 23.5 Å². The minimum atomic E-state index is -5.25. The molecule has 2 heterocycles. The average Bonchev–Trinajstić information content (AvgIpc) is 3.26. The van der Waals surface area contributed by atoms with Gasteiger partial charge in [0.25, 0.3) is 0 Å². The van der Waals surface area contributed by atoms with Crippen LogP contribution in [0.3, 0.4) is 0 Å². The number of hydrogen-bond acceptors (Lipinski definition) is 7. The first-order chi connectivity index (χ1) is 16.6. The van der Waals surface area contributed by atoms with Crippen molar-refractivity contribution in [1.29, 1.82) is 0 Å². The van der Waals surface area contributed by atoms with Gasteiger partial charge in [-0.3, -0.25) is 9.58 Å². The maximum absolute atomic E-state index is 12.6. The summed E-state index contributed by atoms with van der Waals surface area (Å²) in [6, 6.07) is 7.40. The van der Waals surface area contributed by atoms with E-state index in [-0.39, 0.29) is 31.2 Å². The average molecular weight is 515 g/mol. The molecule has 0 bridgehead atoms. The predicted octanol–water partition coefficient (Wildman–Crippen LogP) is 3.44. The van der Waals surface area contributed by atoms with E-state index in [2.05, 4.69) is 19.9 Å². The summed E-state index contributed by atoms with van der Waals surface area (Å²) in [6.45, 7) is 0.162. The van der Waals surface area contributed by atoms with Crippen molar-refractivity contribution in [2.75, 3.05) is 13.2 Å². The lowest BCUT2D eigenvalue weighted by molar-refractivity contribution is -0.207. The van der Waals surface area contributed by atoms with E-state index >= 15 is 0 Å². The topological polar surface area (TPSA) is 86.5 Å². The number of benzene rings is 1. The lowest BCUT2D eigenvalue weighted by Gasteiger charge is -2.45. The summed E-state index contributed by atoms with van der Waals surface area (Å²) < 4.78 is 49.0. The van der Waals surface area contributed by atoms with Crippen molar-refractivity contribution in [3.05, 3.63) is 46.7 Å². The number of aromatic nitrogens is 3. The molecule has 2 aliphatic rings. The fourth-order valence-electron chi connectivity index (χ4n) is 4.85. The van der Waals surface area contributed by atoms with E-state index in [1.807, 2.05) is 25.4 Å². The first-order valence-electron chi connectivity index (χ1n) is 11.4. The molecule has 1 aromatic carbocycles. The van der Waals surface area contributed by atoms with Crippen LogP contribution in [0.25, 0.3) is 0 Å². The molecule has 1 aliphatic carbocycles. The molecular formula is C23H26ClF3N4O4. The molecule has 1 aromatic heterocycles. The lowest BCUT2D eigenvalue weighted by atomic mass is 9.82. The summed E-state index contributed by atoms with van der Waals surface area (Å²) in [7, 11) is 1.82. The zero-order chi connectivity index (χ0) is 25.2. The molecule has 4 rings (SSSR count). The van der Waals surface area contributed by atoms with E-state index in [9.17, 15) is 22.8 Å². The molecular weight excluding hydrogens is 489 g/mol. The van der Waals surface area contributed by atoms with Gasteiger partial charge in [-0.1, -0.05) is 28.9 Å². The van der Waals surface area contributed by atoms with E-state index in [0.717, 1.165) is 36.9 Å².